The van der Waals surface area contributed by atoms with Crippen LogP contribution in [0.1, 0.15) is 63.0 Å². The third kappa shape index (κ3) is 10.3. The van der Waals surface area contributed by atoms with Gasteiger partial charge in [0.05, 0.1) is 39.3 Å². The first-order valence-electron chi connectivity index (χ1n) is 11.4. The molecule has 1 aliphatic rings. The second-order valence-corrected chi connectivity index (χ2v) is 9.25. The zero-order valence-electron chi connectivity index (χ0n) is 21.8. The Labute approximate surface area is 204 Å². The molecule has 1 amide bonds. The first kappa shape index (κ1) is 30.9. The van der Waals surface area contributed by atoms with Crippen LogP contribution in [0.3, 0.4) is 0 Å². The molecule has 0 saturated carbocycles. The van der Waals surface area contributed by atoms with Crippen LogP contribution in [0.15, 0.2) is 18.5 Å². The highest BCUT2D eigenvalue weighted by molar-refractivity contribution is 6.01. The largest absolute Gasteiger partial charge is 0.505 e. The molecule has 1 aromatic heterocycles. The van der Waals surface area contributed by atoms with E-state index in [0.717, 1.165) is 37.9 Å². The number of piperidine rings is 1. The molecule has 2 rings (SSSR count). The number of aromatic nitrogens is 1. The highest BCUT2D eigenvalue weighted by atomic mass is 16.5. The number of quaternary nitrogens is 1. The van der Waals surface area contributed by atoms with Gasteiger partial charge in [-0.2, -0.15) is 0 Å². The lowest BCUT2D eigenvalue weighted by Gasteiger charge is -2.45. The number of Topliss-reactive ketones (excluding diaryl/α,β-unsaturated/α-hetero) is 1. The maximum Gasteiger partial charge on any atom is 0.356 e. The quantitative estimate of drug-likeness (QED) is 0.255. The molecule has 0 spiro atoms. The lowest BCUT2D eigenvalue weighted by atomic mass is 9.81. The van der Waals surface area contributed by atoms with E-state index >= 15 is 0 Å². The standard InChI is InChI=1S/C19H29N3O4.C5H10O.C2H2/c1-13-10-20-17(18(25)26-5)16(13)21-15(24)12-22(11-14(2)23)8-6-19(3,4)7-9-22;1-3-4-5-6-2;1-2/h10H,6-9,11-12H2,1-5H3,(H-,20,21,24,25);4-5H,3H2,1-2H3;1-2H/p+1/b;5-4-;. The zero-order chi connectivity index (χ0) is 26.4. The number of ether oxygens (including phenoxy) is 2. The fraction of sp³-hybridized carbons (Fsp3) is 0.577. The highest BCUT2D eigenvalue weighted by Crippen LogP contribution is 2.33. The number of carbonyl (C=O) groups excluding carboxylic acids is 3. The maximum atomic E-state index is 12.7. The van der Waals surface area contributed by atoms with Crippen molar-refractivity contribution in [2.24, 2.45) is 5.41 Å². The molecule has 34 heavy (non-hydrogen) atoms. The number of rotatable bonds is 8. The molecule has 8 nitrogen and oxygen atoms in total. The third-order valence-electron chi connectivity index (χ3n) is 5.76. The number of hydrogen-bond acceptors (Lipinski definition) is 5. The first-order valence-corrected chi connectivity index (χ1v) is 11.4. The average molecular weight is 477 g/mol. The Kier molecular flexibility index (Phi) is 13.6. The average Bonchev–Trinajstić information content (AvgIpc) is 3.15. The van der Waals surface area contributed by atoms with Gasteiger partial charge in [0.2, 0.25) is 0 Å². The van der Waals surface area contributed by atoms with Crippen LogP contribution in [0.4, 0.5) is 5.69 Å². The predicted octanol–water partition coefficient (Wildman–Crippen LogP) is 4.08. The number of H-pyrrole nitrogens is 1. The van der Waals surface area contributed by atoms with E-state index in [9.17, 15) is 14.4 Å². The summed E-state index contributed by atoms with van der Waals surface area (Å²) in [5.74, 6) is -0.634. The first-order chi connectivity index (χ1) is 16.0. The highest BCUT2D eigenvalue weighted by Gasteiger charge is 2.40. The number of nitrogens with one attached hydrogen (secondary N) is 2. The van der Waals surface area contributed by atoms with E-state index in [-0.39, 0.29) is 29.3 Å². The number of methoxy groups -OCH3 is 2. The van der Waals surface area contributed by atoms with E-state index < -0.39 is 5.97 Å². The predicted molar refractivity (Wildman–Crippen MR) is 135 cm³/mol. The molecule has 0 aromatic carbocycles. The van der Waals surface area contributed by atoms with Crippen molar-refractivity contribution < 1.29 is 28.3 Å². The van der Waals surface area contributed by atoms with Crippen LogP contribution in [0.2, 0.25) is 0 Å². The number of aryl methyl sites for hydroxylation is 1. The summed E-state index contributed by atoms with van der Waals surface area (Å²) in [4.78, 5) is 39.2. The molecule has 2 N–H and O–H groups in total. The minimum atomic E-state index is -0.527. The number of carbonyl (C=O) groups is 3. The molecule has 1 fully saturated rings. The van der Waals surface area contributed by atoms with Crippen LogP contribution >= 0.6 is 0 Å². The lowest BCUT2D eigenvalue weighted by molar-refractivity contribution is -0.919. The summed E-state index contributed by atoms with van der Waals surface area (Å²) in [5, 5.41) is 2.84. The van der Waals surface area contributed by atoms with Crippen molar-refractivity contribution in [3.05, 3.63) is 29.8 Å². The molecule has 2 heterocycles. The van der Waals surface area contributed by atoms with Gasteiger partial charge in [0.1, 0.15) is 12.2 Å². The molecule has 190 valence electrons. The van der Waals surface area contributed by atoms with Crippen molar-refractivity contribution in [2.45, 2.75) is 53.9 Å². The Bertz CT molecular complexity index is 836. The molecule has 0 aliphatic carbocycles. The van der Waals surface area contributed by atoms with E-state index in [4.69, 9.17) is 4.74 Å². The summed E-state index contributed by atoms with van der Waals surface area (Å²) in [6, 6.07) is 0. The van der Waals surface area contributed by atoms with Gasteiger partial charge >= 0.3 is 5.97 Å². The van der Waals surface area contributed by atoms with Gasteiger partial charge in [-0.15, -0.1) is 12.8 Å². The number of likely N-dealkylation sites (tertiary alicyclic amines) is 1. The summed E-state index contributed by atoms with van der Waals surface area (Å²) >= 11 is 0. The summed E-state index contributed by atoms with van der Waals surface area (Å²) in [5.41, 5.74) is 1.68. The van der Waals surface area contributed by atoms with Crippen LogP contribution in [-0.2, 0) is 19.1 Å². The lowest BCUT2D eigenvalue weighted by Crippen LogP contribution is -2.59. The number of esters is 1. The monoisotopic (exact) mass is 476 g/mol. The van der Waals surface area contributed by atoms with Crippen molar-refractivity contribution in [3.63, 3.8) is 0 Å². The van der Waals surface area contributed by atoms with Gasteiger partial charge in [0.25, 0.3) is 5.91 Å². The van der Waals surface area contributed by atoms with Gasteiger partial charge in [-0.05, 0) is 24.3 Å². The number of hydrogen-bond donors (Lipinski definition) is 2. The second kappa shape index (κ2) is 15.0. The zero-order valence-corrected chi connectivity index (χ0v) is 21.8. The Hall–Kier alpha value is -3.05. The number of terminal acetylenes is 1. The van der Waals surface area contributed by atoms with Crippen LogP contribution in [0, 0.1) is 25.2 Å². The number of amides is 1. The van der Waals surface area contributed by atoms with Crippen molar-refractivity contribution in [1.82, 2.24) is 4.98 Å². The molecule has 0 radical (unpaired) electrons. The fourth-order valence-electron chi connectivity index (χ4n) is 3.78. The minimum Gasteiger partial charge on any atom is -0.505 e. The van der Waals surface area contributed by atoms with Crippen LogP contribution in [0.5, 0.6) is 0 Å². The molecular weight excluding hydrogens is 434 g/mol. The van der Waals surface area contributed by atoms with Crippen LogP contribution < -0.4 is 5.32 Å². The fourth-order valence-corrected chi connectivity index (χ4v) is 3.78. The summed E-state index contributed by atoms with van der Waals surface area (Å²) in [7, 11) is 2.94. The number of ketones is 1. The summed E-state index contributed by atoms with van der Waals surface area (Å²) in [6.07, 6.45) is 16.3. The maximum absolute atomic E-state index is 12.7. The minimum absolute atomic E-state index is 0.0885. The summed E-state index contributed by atoms with van der Waals surface area (Å²) < 4.78 is 9.82. The Morgan fingerprint density at radius 1 is 1.18 bits per heavy atom. The SMILES string of the molecule is C#C.CC/C=C\OC.COC(=O)c1[nH]cc(C)c1NC(=O)C[N+]1(CC(C)=O)CCC(C)(C)CC1. The van der Waals surface area contributed by atoms with E-state index in [0.29, 0.717) is 16.7 Å². The van der Waals surface area contributed by atoms with Gasteiger partial charge < -0.3 is 24.3 Å². The summed E-state index contributed by atoms with van der Waals surface area (Å²) in [6.45, 7) is 12.1. The topological polar surface area (TPSA) is 97.5 Å². The van der Waals surface area contributed by atoms with E-state index in [1.807, 2.05) is 13.0 Å². The van der Waals surface area contributed by atoms with Crippen molar-refractivity contribution in [3.8, 4) is 12.8 Å². The number of aromatic amines is 1. The number of allylic oxidation sites excluding steroid dienone is 1. The molecule has 8 heteroatoms. The molecule has 0 atom stereocenters. The molecule has 0 unspecified atom stereocenters. The van der Waals surface area contributed by atoms with Gasteiger partial charge in [-0.3, -0.25) is 9.59 Å². The number of anilines is 1. The Balaban J connectivity index is 0.00000118. The Morgan fingerprint density at radius 3 is 2.21 bits per heavy atom. The third-order valence-corrected chi connectivity index (χ3v) is 5.76. The van der Waals surface area contributed by atoms with E-state index in [2.05, 4.69) is 48.7 Å². The molecule has 0 bridgehead atoms. The number of nitrogens with zero attached hydrogens (tertiary/aromatic N) is 1. The van der Waals surface area contributed by atoms with Crippen LogP contribution in [0.25, 0.3) is 0 Å². The van der Waals surface area contributed by atoms with Crippen molar-refractivity contribution >= 4 is 23.3 Å². The van der Waals surface area contributed by atoms with E-state index in [1.54, 1.807) is 26.5 Å². The van der Waals surface area contributed by atoms with Crippen molar-refractivity contribution in [1.29, 1.82) is 0 Å². The molecule has 1 aromatic rings. The normalized spacial score (nSPS) is 15.7. The smallest absolute Gasteiger partial charge is 0.356 e. The van der Waals surface area contributed by atoms with Gasteiger partial charge in [-0.1, -0.05) is 26.8 Å². The van der Waals surface area contributed by atoms with Gasteiger partial charge in [-0.25, -0.2) is 4.79 Å². The molecule has 1 saturated heterocycles. The second-order valence-electron chi connectivity index (χ2n) is 9.25. The van der Waals surface area contributed by atoms with Gasteiger partial charge in [0, 0.05) is 26.0 Å². The van der Waals surface area contributed by atoms with Crippen molar-refractivity contribution in [2.75, 3.05) is 45.7 Å². The van der Waals surface area contributed by atoms with Gasteiger partial charge in [0.15, 0.2) is 12.3 Å². The van der Waals surface area contributed by atoms with Crippen LogP contribution in [-0.4, -0.2) is 67.5 Å². The van der Waals surface area contributed by atoms with E-state index in [1.165, 1.54) is 7.11 Å². The Morgan fingerprint density at radius 2 is 1.76 bits per heavy atom. The molecular formula is C26H42N3O5+. The molecule has 1 aliphatic heterocycles.